The van der Waals surface area contributed by atoms with Crippen LogP contribution in [0.3, 0.4) is 0 Å². The van der Waals surface area contributed by atoms with Crippen molar-refractivity contribution in [2.45, 2.75) is 59.3 Å². The Balaban J connectivity index is 2.15. The summed E-state index contributed by atoms with van der Waals surface area (Å²) in [5.41, 5.74) is 1.75. The molecule has 0 fully saturated rings. The smallest absolute Gasteiger partial charge is 0.258 e. The van der Waals surface area contributed by atoms with Crippen molar-refractivity contribution in [1.82, 2.24) is 9.55 Å². The maximum absolute atomic E-state index is 14.3. The molecule has 0 aliphatic rings. The summed E-state index contributed by atoms with van der Waals surface area (Å²) in [5, 5.41) is 0. The van der Waals surface area contributed by atoms with E-state index in [2.05, 4.69) is 11.9 Å². The van der Waals surface area contributed by atoms with Gasteiger partial charge in [-0.05, 0) is 44.4 Å². The minimum atomic E-state index is -0.245. The molecule has 4 heteroatoms. The molecule has 124 valence electrons. The third-order valence-electron chi connectivity index (χ3n) is 4.06. The molecular weight excluding hydrogens is 291 g/mol. The second kappa shape index (κ2) is 8.04. The summed E-state index contributed by atoms with van der Waals surface area (Å²) in [6.07, 6.45) is 6.54. The fraction of sp³-hybridized carbons (Fsp3) is 0.474. The Hall–Kier alpha value is -1.97. The van der Waals surface area contributed by atoms with Gasteiger partial charge in [-0.3, -0.25) is 9.36 Å². The van der Waals surface area contributed by atoms with Crippen molar-refractivity contribution in [1.29, 1.82) is 0 Å². The molecular formula is C19H25FN2O. The molecule has 0 atom stereocenters. The number of unbranched alkanes of at least 4 members (excludes halogenated alkanes) is 4. The number of halogens is 1. The third-order valence-corrected chi connectivity index (χ3v) is 4.06. The first-order valence-electron chi connectivity index (χ1n) is 8.39. The number of nitrogens with zero attached hydrogens (tertiary/aromatic N) is 2. The van der Waals surface area contributed by atoms with Gasteiger partial charge in [0.25, 0.3) is 5.56 Å². The normalized spacial score (nSPS) is 11.0. The van der Waals surface area contributed by atoms with Crippen LogP contribution in [0.1, 0.15) is 56.1 Å². The predicted molar refractivity (Wildman–Crippen MR) is 91.7 cm³/mol. The molecule has 2 rings (SSSR count). The molecule has 0 saturated heterocycles. The van der Waals surface area contributed by atoms with Gasteiger partial charge in [-0.25, -0.2) is 9.37 Å². The van der Waals surface area contributed by atoms with Crippen LogP contribution < -0.4 is 5.56 Å². The predicted octanol–water partition coefficient (Wildman–Crippen LogP) is 4.50. The van der Waals surface area contributed by atoms with Crippen LogP contribution in [-0.4, -0.2) is 9.55 Å². The van der Waals surface area contributed by atoms with Gasteiger partial charge < -0.3 is 0 Å². The lowest BCUT2D eigenvalue weighted by Crippen LogP contribution is -2.22. The Morgan fingerprint density at radius 1 is 1.09 bits per heavy atom. The number of benzene rings is 1. The second-order valence-electron chi connectivity index (χ2n) is 6.06. The molecule has 0 aliphatic carbocycles. The lowest BCUT2D eigenvalue weighted by molar-refractivity contribution is 0.586. The molecule has 0 N–H and O–H groups in total. The van der Waals surface area contributed by atoms with E-state index in [1.54, 1.807) is 26.0 Å². The number of aryl methyl sites for hydroxylation is 3. The third kappa shape index (κ3) is 4.50. The summed E-state index contributed by atoms with van der Waals surface area (Å²) >= 11 is 0. The summed E-state index contributed by atoms with van der Waals surface area (Å²) in [4.78, 5) is 16.4. The highest BCUT2D eigenvalue weighted by Crippen LogP contribution is 2.17. The van der Waals surface area contributed by atoms with Gasteiger partial charge >= 0.3 is 0 Å². The quantitative estimate of drug-likeness (QED) is 0.705. The highest BCUT2D eigenvalue weighted by molar-refractivity contribution is 5.37. The highest BCUT2D eigenvalue weighted by atomic mass is 19.1. The highest BCUT2D eigenvalue weighted by Gasteiger charge is 2.09. The maximum atomic E-state index is 14.3. The summed E-state index contributed by atoms with van der Waals surface area (Å²) in [6, 6.07) is 6.49. The molecule has 0 bridgehead atoms. The van der Waals surface area contributed by atoms with Gasteiger partial charge in [0.2, 0.25) is 0 Å². The van der Waals surface area contributed by atoms with E-state index < -0.39 is 0 Å². The zero-order chi connectivity index (χ0) is 16.8. The first-order valence-corrected chi connectivity index (χ1v) is 8.39. The van der Waals surface area contributed by atoms with Crippen LogP contribution in [0.4, 0.5) is 4.39 Å². The molecule has 1 aromatic carbocycles. The minimum absolute atomic E-state index is 0.179. The van der Waals surface area contributed by atoms with E-state index >= 15 is 0 Å². The van der Waals surface area contributed by atoms with Crippen molar-refractivity contribution in [2.24, 2.45) is 0 Å². The van der Waals surface area contributed by atoms with E-state index in [9.17, 15) is 9.18 Å². The zero-order valence-electron chi connectivity index (χ0n) is 14.2. The summed E-state index contributed by atoms with van der Waals surface area (Å²) in [6.45, 7) is 5.72. The molecule has 3 nitrogen and oxygen atoms in total. The topological polar surface area (TPSA) is 34.9 Å². The van der Waals surface area contributed by atoms with Crippen LogP contribution in [0, 0.1) is 19.7 Å². The average molecular weight is 316 g/mol. The fourth-order valence-electron chi connectivity index (χ4n) is 2.85. The van der Waals surface area contributed by atoms with Gasteiger partial charge in [0.15, 0.2) is 0 Å². The van der Waals surface area contributed by atoms with E-state index in [4.69, 9.17) is 0 Å². The summed E-state index contributed by atoms with van der Waals surface area (Å²) < 4.78 is 15.8. The summed E-state index contributed by atoms with van der Waals surface area (Å²) in [7, 11) is 0. The monoisotopic (exact) mass is 316 g/mol. The average Bonchev–Trinajstić information content (AvgIpc) is 2.48. The lowest BCUT2D eigenvalue weighted by atomic mass is 10.0. The number of aromatic nitrogens is 2. The number of hydrogen-bond donors (Lipinski definition) is 0. The molecule has 0 spiro atoms. The molecule has 0 unspecified atom stereocenters. The van der Waals surface area contributed by atoms with Gasteiger partial charge in [-0.15, -0.1) is 0 Å². The Morgan fingerprint density at radius 2 is 1.83 bits per heavy atom. The first kappa shape index (κ1) is 17.4. The Labute approximate surface area is 137 Å². The molecule has 0 radical (unpaired) electrons. The molecule has 0 aliphatic heterocycles. The molecule has 1 heterocycles. The van der Waals surface area contributed by atoms with Crippen LogP contribution in [-0.2, 0) is 6.42 Å². The van der Waals surface area contributed by atoms with Crippen LogP contribution in [0.5, 0.6) is 0 Å². The Morgan fingerprint density at radius 3 is 2.48 bits per heavy atom. The SMILES string of the molecule is CCCCCCCc1ccc(-n2c(C)nc(C)cc2=O)cc1F. The van der Waals surface area contributed by atoms with E-state index in [1.165, 1.54) is 36.0 Å². The Kier molecular flexibility index (Phi) is 6.08. The van der Waals surface area contributed by atoms with Gasteiger partial charge in [0, 0.05) is 11.8 Å². The van der Waals surface area contributed by atoms with Crippen LogP contribution >= 0.6 is 0 Å². The van der Waals surface area contributed by atoms with E-state index in [0.29, 0.717) is 17.2 Å². The molecule has 1 aromatic heterocycles. The molecule has 23 heavy (non-hydrogen) atoms. The van der Waals surface area contributed by atoms with Crippen molar-refractivity contribution in [3.05, 3.63) is 57.5 Å². The van der Waals surface area contributed by atoms with Crippen molar-refractivity contribution < 1.29 is 4.39 Å². The van der Waals surface area contributed by atoms with Crippen LogP contribution in [0.2, 0.25) is 0 Å². The minimum Gasteiger partial charge on any atom is -0.269 e. The molecule has 0 saturated carbocycles. The van der Waals surface area contributed by atoms with Crippen molar-refractivity contribution >= 4 is 0 Å². The van der Waals surface area contributed by atoms with Gasteiger partial charge in [0.05, 0.1) is 5.69 Å². The molecule has 2 aromatic rings. The van der Waals surface area contributed by atoms with E-state index in [-0.39, 0.29) is 11.4 Å². The zero-order valence-corrected chi connectivity index (χ0v) is 14.2. The van der Waals surface area contributed by atoms with Gasteiger partial charge in [-0.1, -0.05) is 38.7 Å². The van der Waals surface area contributed by atoms with E-state index in [0.717, 1.165) is 24.8 Å². The first-order chi connectivity index (χ1) is 11.0. The van der Waals surface area contributed by atoms with Crippen LogP contribution in [0.15, 0.2) is 29.1 Å². The van der Waals surface area contributed by atoms with Gasteiger partial charge in [0.1, 0.15) is 11.6 Å². The lowest BCUT2D eigenvalue weighted by Gasteiger charge is -2.11. The largest absolute Gasteiger partial charge is 0.269 e. The second-order valence-corrected chi connectivity index (χ2v) is 6.06. The number of rotatable bonds is 7. The number of hydrogen-bond acceptors (Lipinski definition) is 2. The van der Waals surface area contributed by atoms with Crippen molar-refractivity contribution in [3.8, 4) is 5.69 Å². The fourth-order valence-corrected chi connectivity index (χ4v) is 2.85. The summed E-state index contributed by atoms with van der Waals surface area (Å²) in [5.74, 6) is 0.326. The van der Waals surface area contributed by atoms with Crippen molar-refractivity contribution in [3.63, 3.8) is 0 Å². The molecule has 0 amide bonds. The maximum Gasteiger partial charge on any atom is 0.258 e. The van der Waals surface area contributed by atoms with E-state index in [1.807, 2.05) is 0 Å². The standard InChI is InChI=1S/C19H25FN2O/c1-4-5-6-7-8-9-16-10-11-17(13-18(16)20)22-15(3)21-14(2)12-19(22)23/h10-13H,4-9H2,1-3H3. The van der Waals surface area contributed by atoms with Crippen molar-refractivity contribution in [2.75, 3.05) is 0 Å². The van der Waals surface area contributed by atoms with Crippen LogP contribution in [0.25, 0.3) is 5.69 Å². The Bertz CT molecular complexity index is 722. The van der Waals surface area contributed by atoms with Gasteiger partial charge in [-0.2, -0.15) is 0 Å².